The maximum Gasteiger partial charge on any atom is 0.0741 e. The highest BCUT2D eigenvalue weighted by Crippen LogP contribution is 2.27. The van der Waals surface area contributed by atoms with E-state index in [1.165, 1.54) is 23.2 Å². The number of benzene rings is 1. The molecule has 100 valence electrons. The Morgan fingerprint density at radius 1 is 1.11 bits per heavy atom. The third-order valence-corrected chi connectivity index (χ3v) is 4.06. The summed E-state index contributed by atoms with van der Waals surface area (Å²) in [6.07, 6.45) is 6.31. The van der Waals surface area contributed by atoms with Crippen LogP contribution in [0.1, 0.15) is 50.7 Å². The molecule has 1 aliphatic rings. The Kier molecular flexibility index (Phi) is 4.65. The molecule has 2 rings (SSSR count). The average Bonchev–Trinajstić information content (AvgIpc) is 2.41. The van der Waals surface area contributed by atoms with Crippen LogP contribution in [0.25, 0.3) is 0 Å². The van der Waals surface area contributed by atoms with Crippen molar-refractivity contribution in [3.63, 3.8) is 0 Å². The highest BCUT2D eigenvalue weighted by molar-refractivity contribution is 5.58. The summed E-state index contributed by atoms with van der Waals surface area (Å²) in [7, 11) is 0. The quantitative estimate of drug-likeness (QED) is 0.853. The molecule has 1 aromatic rings. The molecule has 2 nitrogen and oxygen atoms in total. The SMILES string of the molecule is CCc1cccc(CC)c1NC1CCCCC1O. The zero-order valence-electron chi connectivity index (χ0n) is 11.6. The van der Waals surface area contributed by atoms with E-state index in [2.05, 4.69) is 37.4 Å². The number of aliphatic hydroxyl groups is 1. The van der Waals surface area contributed by atoms with E-state index in [1.807, 2.05) is 0 Å². The normalized spacial score (nSPS) is 23.9. The number of hydrogen-bond donors (Lipinski definition) is 2. The predicted octanol–water partition coefficient (Wildman–Crippen LogP) is 3.53. The predicted molar refractivity (Wildman–Crippen MR) is 77.1 cm³/mol. The Morgan fingerprint density at radius 2 is 1.72 bits per heavy atom. The molecule has 2 heteroatoms. The minimum Gasteiger partial charge on any atom is -0.391 e. The monoisotopic (exact) mass is 247 g/mol. The summed E-state index contributed by atoms with van der Waals surface area (Å²) in [5, 5.41) is 13.7. The van der Waals surface area contributed by atoms with E-state index < -0.39 is 0 Å². The molecule has 0 aliphatic heterocycles. The van der Waals surface area contributed by atoms with Gasteiger partial charge in [0.05, 0.1) is 12.1 Å². The van der Waals surface area contributed by atoms with Gasteiger partial charge in [0.25, 0.3) is 0 Å². The summed E-state index contributed by atoms with van der Waals surface area (Å²) < 4.78 is 0. The van der Waals surface area contributed by atoms with E-state index >= 15 is 0 Å². The number of rotatable bonds is 4. The minimum atomic E-state index is -0.187. The Balaban J connectivity index is 2.21. The van der Waals surface area contributed by atoms with Crippen LogP contribution in [0.5, 0.6) is 0 Å². The number of hydrogen-bond acceptors (Lipinski definition) is 2. The molecule has 0 amide bonds. The third-order valence-electron chi connectivity index (χ3n) is 4.06. The van der Waals surface area contributed by atoms with Gasteiger partial charge in [-0.1, -0.05) is 44.9 Å². The fraction of sp³-hybridized carbons (Fsp3) is 0.625. The van der Waals surface area contributed by atoms with E-state index in [0.717, 1.165) is 32.1 Å². The lowest BCUT2D eigenvalue weighted by Gasteiger charge is -2.31. The molecule has 1 saturated carbocycles. The molecular weight excluding hydrogens is 222 g/mol. The molecule has 0 bridgehead atoms. The van der Waals surface area contributed by atoms with Crippen LogP contribution in [-0.2, 0) is 12.8 Å². The van der Waals surface area contributed by atoms with Crippen molar-refractivity contribution in [2.24, 2.45) is 0 Å². The largest absolute Gasteiger partial charge is 0.391 e. The Morgan fingerprint density at radius 3 is 2.28 bits per heavy atom. The van der Waals surface area contributed by atoms with E-state index in [9.17, 15) is 5.11 Å². The molecule has 18 heavy (non-hydrogen) atoms. The maximum absolute atomic E-state index is 10.1. The van der Waals surface area contributed by atoms with Gasteiger partial charge in [0, 0.05) is 5.69 Å². The van der Waals surface area contributed by atoms with Gasteiger partial charge in [-0.2, -0.15) is 0 Å². The molecule has 1 fully saturated rings. The molecule has 2 N–H and O–H groups in total. The second-order valence-corrected chi connectivity index (χ2v) is 5.26. The smallest absolute Gasteiger partial charge is 0.0741 e. The molecule has 0 heterocycles. The first kappa shape index (κ1) is 13.4. The van der Waals surface area contributed by atoms with Crippen molar-refractivity contribution < 1.29 is 5.11 Å². The summed E-state index contributed by atoms with van der Waals surface area (Å²) >= 11 is 0. The topological polar surface area (TPSA) is 32.3 Å². The lowest BCUT2D eigenvalue weighted by Crippen LogP contribution is -2.36. The zero-order chi connectivity index (χ0) is 13.0. The van der Waals surface area contributed by atoms with Crippen molar-refractivity contribution in [2.75, 3.05) is 5.32 Å². The lowest BCUT2D eigenvalue weighted by atomic mass is 9.91. The fourth-order valence-electron chi connectivity index (χ4n) is 2.89. The molecule has 0 aromatic heterocycles. The van der Waals surface area contributed by atoms with Crippen molar-refractivity contribution in [1.29, 1.82) is 0 Å². The lowest BCUT2D eigenvalue weighted by molar-refractivity contribution is 0.116. The van der Waals surface area contributed by atoms with E-state index in [1.54, 1.807) is 0 Å². The zero-order valence-corrected chi connectivity index (χ0v) is 11.6. The average molecular weight is 247 g/mol. The molecule has 1 aliphatic carbocycles. The number of aliphatic hydroxyl groups excluding tert-OH is 1. The van der Waals surface area contributed by atoms with Crippen LogP contribution in [0.2, 0.25) is 0 Å². The number of anilines is 1. The number of para-hydroxylation sites is 1. The highest BCUT2D eigenvalue weighted by atomic mass is 16.3. The van der Waals surface area contributed by atoms with Crippen molar-refractivity contribution >= 4 is 5.69 Å². The van der Waals surface area contributed by atoms with Gasteiger partial charge in [-0.3, -0.25) is 0 Å². The van der Waals surface area contributed by atoms with E-state index in [4.69, 9.17) is 0 Å². The van der Waals surface area contributed by atoms with Crippen LogP contribution in [0.4, 0.5) is 5.69 Å². The number of nitrogens with one attached hydrogen (secondary N) is 1. The summed E-state index contributed by atoms with van der Waals surface area (Å²) in [4.78, 5) is 0. The van der Waals surface area contributed by atoms with Crippen LogP contribution < -0.4 is 5.32 Å². The van der Waals surface area contributed by atoms with Crippen LogP contribution in [0, 0.1) is 0 Å². The van der Waals surface area contributed by atoms with Crippen molar-refractivity contribution in [2.45, 2.75) is 64.5 Å². The van der Waals surface area contributed by atoms with Gasteiger partial charge in [0.15, 0.2) is 0 Å². The van der Waals surface area contributed by atoms with Gasteiger partial charge in [-0.25, -0.2) is 0 Å². The van der Waals surface area contributed by atoms with Gasteiger partial charge >= 0.3 is 0 Å². The van der Waals surface area contributed by atoms with Gasteiger partial charge in [0.1, 0.15) is 0 Å². The molecule has 0 spiro atoms. The summed E-state index contributed by atoms with van der Waals surface area (Å²) in [5.41, 5.74) is 4.01. The van der Waals surface area contributed by atoms with Crippen molar-refractivity contribution in [1.82, 2.24) is 0 Å². The molecule has 2 unspecified atom stereocenters. The molecule has 1 aromatic carbocycles. The van der Waals surface area contributed by atoms with Crippen LogP contribution in [0.15, 0.2) is 18.2 Å². The van der Waals surface area contributed by atoms with E-state index in [-0.39, 0.29) is 12.1 Å². The first-order valence-corrected chi connectivity index (χ1v) is 7.31. The summed E-state index contributed by atoms with van der Waals surface area (Å²) in [6.45, 7) is 4.38. The Labute approximate surface area is 110 Å². The van der Waals surface area contributed by atoms with Gasteiger partial charge in [0.2, 0.25) is 0 Å². The first-order valence-electron chi connectivity index (χ1n) is 7.31. The van der Waals surface area contributed by atoms with Crippen molar-refractivity contribution in [3.05, 3.63) is 29.3 Å². The standard InChI is InChI=1S/C16H25NO/c1-3-12-8-7-9-13(4-2)16(12)17-14-10-5-6-11-15(14)18/h7-9,14-15,17-18H,3-6,10-11H2,1-2H3. The Hall–Kier alpha value is -1.02. The summed E-state index contributed by atoms with van der Waals surface area (Å²) in [5.74, 6) is 0. The Bertz CT molecular complexity index is 366. The third kappa shape index (κ3) is 2.86. The van der Waals surface area contributed by atoms with Gasteiger partial charge < -0.3 is 10.4 Å². The van der Waals surface area contributed by atoms with Crippen LogP contribution in [0.3, 0.4) is 0 Å². The van der Waals surface area contributed by atoms with Gasteiger partial charge in [-0.15, -0.1) is 0 Å². The number of aryl methyl sites for hydroxylation is 2. The second kappa shape index (κ2) is 6.24. The van der Waals surface area contributed by atoms with Crippen LogP contribution in [-0.4, -0.2) is 17.3 Å². The van der Waals surface area contributed by atoms with Crippen LogP contribution >= 0.6 is 0 Å². The second-order valence-electron chi connectivity index (χ2n) is 5.26. The van der Waals surface area contributed by atoms with Crippen molar-refractivity contribution in [3.8, 4) is 0 Å². The summed E-state index contributed by atoms with van der Waals surface area (Å²) in [6, 6.07) is 6.75. The molecule has 2 atom stereocenters. The van der Waals surface area contributed by atoms with E-state index in [0.29, 0.717) is 0 Å². The maximum atomic E-state index is 10.1. The first-order chi connectivity index (χ1) is 8.76. The minimum absolute atomic E-state index is 0.187. The molecular formula is C16H25NO. The fourth-order valence-corrected chi connectivity index (χ4v) is 2.89. The molecule has 0 saturated heterocycles. The van der Waals surface area contributed by atoms with Gasteiger partial charge in [-0.05, 0) is 36.8 Å². The molecule has 0 radical (unpaired) electrons. The highest BCUT2D eigenvalue weighted by Gasteiger charge is 2.23.